The predicted molar refractivity (Wildman–Crippen MR) is 331 cm³/mol. The Morgan fingerprint density at radius 1 is 0.225 bits per heavy atom. The van der Waals surface area contributed by atoms with Gasteiger partial charge in [0, 0.05) is 43.7 Å². The maximum atomic E-state index is 5.47. The summed E-state index contributed by atoms with van der Waals surface area (Å²) in [7, 11) is 0. The number of aromatic amines is 4. The fourth-order valence-electron chi connectivity index (χ4n) is 13.3. The molecule has 4 aromatic heterocycles. The van der Waals surface area contributed by atoms with Crippen LogP contribution in [0.25, 0.3) is 33.7 Å². The molecule has 4 N–H and O–H groups in total. The van der Waals surface area contributed by atoms with E-state index in [1.165, 1.54) is 77.9 Å². The van der Waals surface area contributed by atoms with Gasteiger partial charge in [-0.15, -0.1) is 0 Å². The van der Waals surface area contributed by atoms with E-state index in [4.69, 9.17) is 20.0 Å². The van der Waals surface area contributed by atoms with Crippen molar-refractivity contribution in [3.05, 3.63) is 289 Å². The largest absolute Gasteiger partial charge is 0.353 e. The first-order valence-electron chi connectivity index (χ1n) is 27.7. The van der Waals surface area contributed by atoms with Crippen LogP contribution in [0.1, 0.15) is 89.0 Å². The third-order valence-electron chi connectivity index (χ3n) is 16.2. The van der Waals surface area contributed by atoms with Crippen molar-refractivity contribution in [1.82, 2.24) is 19.9 Å². The lowest BCUT2D eigenvalue weighted by atomic mass is 9.91. The molecule has 8 heteroatoms. The SMILES string of the molecule is Cc1cc(C)c(C2=c3ccc([nH]3)=C3C=CC(=N3)C(c3c(C)cc(C)cc3C)=c3ccc([nH]3)=c3ccc([nH]3)=C(c3c(C)cc(C)cc3C)C3=NC(=c4ccc([nH]4)=C(c4c(C)cc(C)cc4C)C4=NC(=C5C=CC2=N5)C=C4)C=C3)c(C)c1. The quantitative estimate of drug-likeness (QED) is 0.135. The number of H-pyrrole nitrogens is 4. The zero-order valence-electron chi connectivity index (χ0n) is 47.6. The molecule has 80 heavy (non-hydrogen) atoms. The van der Waals surface area contributed by atoms with Gasteiger partial charge in [0.25, 0.3) is 0 Å². The summed E-state index contributed by atoms with van der Waals surface area (Å²) in [5.41, 5.74) is 30.1. The molecule has 0 unspecified atom stereocenters. The highest BCUT2D eigenvalue weighted by Crippen LogP contribution is 2.33. The van der Waals surface area contributed by atoms with Crippen LogP contribution in [0.2, 0.25) is 0 Å². The maximum Gasteiger partial charge on any atom is 0.0894 e. The number of aliphatic imine (C=N–C) groups is 4. The number of nitrogens with one attached hydrogen (secondary N) is 4. The third kappa shape index (κ3) is 8.63. The van der Waals surface area contributed by atoms with E-state index in [0.717, 1.165) is 122 Å². The molecular formula is C72H64N8. The number of benzene rings is 4. The lowest BCUT2D eigenvalue weighted by Gasteiger charge is -2.15. The van der Waals surface area contributed by atoms with Gasteiger partial charge in [0.05, 0.1) is 67.0 Å². The molecule has 392 valence electrons. The van der Waals surface area contributed by atoms with Crippen molar-refractivity contribution in [2.45, 2.75) is 83.1 Å². The zero-order chi connectivity index (χ0) is 55.4. The summed E-state index contributed by atoms with van der Waals surface area (Å²) in [4.78, 5) is 37.3. The predicted octanol–water partition coefficient (Wildman–Crippen LogP) is 10.7. The van der Waals surface area contributed by atoms with Crippen LogP contribution in [0.3, 0.4) is 0 Å². The summed E-state index contributed by atoms with van der Waals surface area (Å²) < 4.78 is 0. The second kappa shape index (κ2) is 19.2. The fourth-order valence-corrected chi connectivity index (χ4v) is 13.3. The highest BCUT2D eigenvalue weighted by molar-refractivity contribution is 6.34. The van der Waals surface area contributed by atoms with Crippen molar-refractivity contribution in [3.8, 4) is 0 Å². The molecule has 5 aliphatic heterocycles. The van der Waals surface area contributed by atoms with Crippen molar-refractivity contribution >= 4 is 56.5 Å². The molecule has 0 amide bonds. The molecule has 0 aliphatic carbocycles. The maximum absolute atomic E-state index is 5.47. The Hall–Kier alpha value is -9.40. The Kier molecular flexibility index (Phi) is 12.0. The second-order valence-corrected chi connectivity index (χ2v) is 22.6. The van der Waals surface area contributed by atoms with Gasteiger partial charge in [-0.1, -0.05) is 70.8 Å². The molecule has 4 aromatic carbocycles. The van der Waals surface area contributed by atoms with E-state index in [1.54, 1.807) is 0 Å². The number of rotatable bonds is 4. The summed E-state index contributed by atoms with van der Waals surface area (Å²) >= 11 is 0. The van der Waals surface area contributed by atoms with Crippen LogP contribution in [0.4, 0.5) is 0 Å². The Morgan fingerprint density at radius 3 is 0.688 bits per heavy atom. The smallest absolute Gasteiger partial charge is 0.0894 e. The van der Waals surface area contributed by atoms with Gasteiger partial charge >= 0.3 is 0 Å². The van der Waals surface area contributed by atoms with E-state index in [2.05, 4.69) is 249 Å². The van der Waals surface area contributed by atoms with Gasteiger partial charge < -0.3 is 19.9 Å². The van der Waals surface area contributed by atoms with E-state index in [1.807, 2.05) is 0 Å². The monoisotopic (exact) mass is 1040 g/mol. The van der Waals surface area contributed by atoms with Crippen LogP contribution in [-0.4, -0.2) is 42.8 Å². The van der Waals surface area contributed by atoms with Gasteiger partial charge in [0.1, 0.15) is 0 Å². The van der Waals surface area contributed by atoms with Crippen molar-refractivity contribution in [2.75, 3.05) is 0 Å². The van der Waals surface area contributed by atoms with E-state index < -0.39 is 0 Å². The Balaban J connectivity index is 1.14. The van der Waals surface area contributed by atoms with Gasteiger partial charge in [0.15, 0.2) is 0 Å². The molecule has 13 rings (SSSR count). The fraction of sp³-hybridized carbons (Fsp3) is 0.167. The summed E-state index contributed by atoms with van der Waals surface area (Å²) in [5, 5.41) is 7.68. The van der Waals surface area contributed by atoms with Crippen LogP contribution in [0.15, 0.2) is 177 Å². The van der Waals surface area contributed by atoms with Gasteiger partial charge in [-0.2, -0.15) is 0 Å². The summed E-state index contributed by atoms with van der Waals surface area (Å²) in [6, 6.07) is 35.5. The van der Waals surface area contributed by atoms with Gasteiger partial charge in [0.2, 0.25) is 0 Å². The molecule has 8 aromatic rings. The van der Waals surface area contributed by atoms with Gasteiger partial charge in [-0.25, -0.2) is 20.0 Å². The average molecular weight is 1040 g/mol. The molecule has 16 bridgehead atoms. The van der Waals surface area contributed by atoms with E-state index in [9.17, 15) is 0 Å². The number of hydrogen-bond acceptors (Lipinski definition) is 4. The average Bonchev–Trinajstić information content (AvgIpc) is 4.34. The normalized spacial score (nSPS) is 15.7. The molecule has 0 radical (unpaired) electrons. The standard InChI is InChI=1S/C72H64N8/c1-37-29-41(5)65(42(6)30-37)69-57-21-13-49(73-57)51-15-23-59(75-51)70(66-43(7)31-38(2)32-44(66)8)61-25-17-53(77-61)55-19-27-63(79-55)72(68-47(11)35-40(4)36-48(68)12)64-28-20-56(80-64)54-18-26-62(78-54)71(67-45(9)33-39(3)34-46(67)10)60-24-16-52(76-60)50-14-22-58(69)74-50/h13-36,73,75-76,79H,1-12H3. The Labute approximate surface area is 466 Å². The first kappa shape index (κ1) is 50.1. The second-order valence-electron chi connectivity index (χ2n) is 22.6. The topological polar surface area (TPSA) is 113 Å². The number of nitrogens with zero attached hydrogens (tertiary/aromatic N) is 4. The van der Waals surface area contributed by atoms with E-state index >= 15 is 0 Å². The highest BCUT2D eigenvalue weighted by atomic mass is 14.9. The zero-order valence-corrected chi connectivity index (χ0v) is 47.6. The summed E-state index contributed by atoms with van der Waals surface area (Å²) in [6.45, 7) is 26.3. The molecule has 0 saturated carbocycles. The lowest BCUT2D eigenvalue weighted by molar-refractivity contribution is 1.17. The third-order valence-corrected chi connectivity index (χ3v) is 16.2. The first-order valence-corrected chi connectivity index (χ1v) is 27.7. The van der Waals surface area contributed by atoms with Gasteiger partial charge in [-0.3, -0.25) is 0 Å². The number of fused-ring (bicyclic) bond motifs is 12. The summed E-state index contributed by atoms with van der Waals surface area (Å²) in [5.74, 6) is 0. The molecule has 8 nitrogen and oxygen atoms in total. The number of aromatic nitrogens is 4. The Bertz CT molecular complexity index is 4530. The van der Waals surface area contributed by atoms with Crippen LogP contribution in [0, 0.1) is 93.8 Å². The number of hydrogen-bond donors (Lipinski definition) is 4. The van der Waals surface area contributed by atoms with E-state index in [-0.39, 0.29) is 0 Å². The minimum Gasteiger partial charge on any atom is -0.353 e. The van der Waals surface area contributed by atoms with Crippen LogP contribution in [0.5, 0.6) is 0 Å². The molecule has 0 atom stereocenters. The summed E-state index contributed by atoms with van der Waals surface area (Å²) in [6.07, 6.45) is 17.1. The molecule has 5 aliphatic rings. The van der Waals surface area contributed by atoms with Crippen LogP contribution in [-0.2, 0) is 0 Å². The Morgan fingerprint density at radius 2 is 0.425 bits per heavy atom. The molecule has 0 spiro atoms. The van der Waals surface area contributed by atoms with Crippen molar-refractivity contribution < 1.29 is 0 Å². The van der Waals surface area contributed by atoms with Gasteiger partial charge in [-0.05, 0) is 247 Å². The van der Waals surface area contributed by atoms with Crippen molar-refractivity contribution in [3.63, 3.8) is 0 Å². The number of aryl methyl sites for hydroxylation is 12. The number of allylic oxidation sites excluding steroid dienone is 6. The van der Waals surface area contributed by atoms with Crippen molar-refractivity contribution in [2.24, 2.45) is 20.0 Å². The first-order chi connectivity index (χ1) is 38.5. The minimum absolute atomic E-state index is 0.809. The van der Waals surface area contributed by atoms with Crippen LogP contribution < -0.4 is 32.1 Å². The lowest BCUT2D eigenvalue weighted by Crippen LogP contribution is -2.20. The molecular weight excluding hydrogens is 977 g/mol. The van der Waals surface area contributed by atoms with Crippen molar-refractivity contribution in [1.29, 1.82) is 0 Å². The van der Waals surface area contributed by atoms with Crippen LogP contribution >= 0.6 is 0 Å². The molecule has 0 fully saturated rings. The van der Waals surface area contributed by atoms with E-state index in [0.29, 0.717) is 0 Å². The molecule has 9 heterocycles. The highest BCUT2D eigenvalue weighted by Gasteiger charge is 2.25. The minimum atomic E-state index is 0.809. The molecule has 0 saturated heterocycles.